The lowest BCUT2D eigenvalue weighted by Gasteiger charge is -2.36. The first-order chi connectivity index (χ1) is 9.04. The van der Waals surface area contributed by atoms with E-state index in [0.717, 1.165) is 31.2 Å². The van der Waals surface area contributed by atoms with E-state index in [1.165, 1.54) is 45.2 Å². The number of Topliss-reactive ketones (excluding diaryl/α,β-unsaturated/α-hetero) is 1. The number of hydrogen-bond donors (Lipinski definition) is 0. The third kappa shape index (κ3) is 3.59. The summed E-state index contributed by atoms with van der Waals surface area (Å²) < 4.78 is 0. The fourth-order valence-electron chi connectivity index (χ4n) is 3.64. The van der Waals surface area contributed by atoms with E-state index >= 15 is 0 Å². The summed E-state index contributed by atoms with van der Waals surface area (Å²) in [6.07, 6.45) is 9.15. The summed E-state index contributed by atoms with van der Waals surface area (Å²) in [6, 6.07) is 0. The second-order valence-electron chi connectivity index (χ2n) is 7.94. The Morgan fingerprint density at radius 1 is 1.00 bits per heavy atom. The van der Waals surface area contributed by atoms with Crippen LogP contribution in [0.25, 0.3) is 0 Å². The number of rotatable bonds is 6. The normalized spacial score (nSPS) is 30.9. The van der Waals surface area contributed by atoms with Crippen LogP contribution in [0.4, 0.5) is 0 Å². The molecule has 108 valence electrons. The smallest absolute Gasteiger partial charge is 0.142 e. The molecular weight excluding hydrogens is 234 g/mol. The van der Waals surface area contributed by atoms with Gasteiger partial charge in [-0.3, -0.25) is 4.79 Å². The van der Waals surface area contributed by atoms with Gasteiger partial charge in [-0.25, -0.2) is 0 Å². The predicted octanol–water partition coefficient (Wildman–Crippen LogP) is 3.50. The van der Waals surface area contributed by atoms with Crippen molar-refractivity contribution in [1.82, 2.24) is 4.90 Å². The lowest BCUT2D eigenvalue weighted by Crippen LogP contribution is -2.42. The van der Waals surface area contributed by atoms with Crippen LogP contribution in [0.15, 0.2) is 0 Å². The molecule has 3 aliphatic rings. The van der Waals surface area contributed by atoms with Crippen LogP contribution in [0.2, 0.25) is 0 Å². The molecule has 1 atom stereocenters. The Morgan fingerprint density at radius 3 is 2.11 bits per heavy atom. The highest BCUT2D eigenvalue weighted by molar-refractivity contribution is 5.87. The highest BCUT2D eigenvalue weighted by Gasteiger charge is 2.39. The molecule has 3 fully saturated rings. The molecule has 0 radical (unpaired) electrons. The molecule has 0 N–H and O–H groups in total. The molecule has 19 heavy (non-hydrogen) atoms. The van der Waals surface area contributed by atoms with Gasteiger partial charge in [0.2, 0.25) is 0 Å². The minimum Gasteiger partial charge on any atom is -0.302 e. The third-order valence-corrected chi connectivity index (χ3v) is 5.30. The SMILES string of the molecule is CC1(C)CCCC(CN(CC2CC2)CC2CC2)C1=O. The summed E-state index contributed by atoms with van der Waals surface area (Å²) in [5.74, 6) is 2.76. The first kappa shape index (κ1) is 13.6. The average Bonchev–Trinajstić information content (AvgIpc) is 3.20. The predicted molar refractivity (Wildman–Crippen MR) is 78.0 cm³/mol. The molecule has 0 aromatic carbocycles. The molecule has 0 aromatic heterocycles. The van der Waals surface area contributed by atoms with Crippen LogP contribution in [0.1, 0.15) is 58.8 Å². The molecule has 2 heteroatoms. The Kier molecular flexibility index (Phi) is 3.72. The molecule has 1 unspecified atom stereocenters. The van der Waals surface area contributed by atoms with E-state index in [0.29, 0.717) is 11.7 Å². The van der Waals surface area contributed by atoms with Gasteiger partial charge in [0.25, 0.3) is 0 Å². The van der Waals surface area contributed by atoms with Gasteiger partial charge < -0.3 is 4.90 Å². The van der Waals surface area contributed by atoms with Crippen molar-refractivity contribution in [3.63, 3.8) is 0 Å². The highest BCUT2D eigenvalue weighted by Crippen LogP contribution is 2.38. The van der Waals surface area contributed by atoms with Gasteiger partial charge >= 0.3 is 0 Å². The molecule has 0 bridgehead atoms. The summed E-state index contributed by atoms with van der Waals surface area (Å²) >= 11 is 0. The monoisotopic (exact) mass is 263 g/mol. The van der Waals surface area contributed by atoms with Crippen LogP contribution >= 0.6 is 0 Å². The van der Waals surface area contributed by atoms with E-state index in [1.54, 1.807) is 0 Å². The van der Waals surface area contributed by atoms with Crippen molar-refractivity contribution >= 4 is 5.78 Å². The zero-order valence-electron chi connectivity index (χ0n) is 12.7. The fraction of sp³-hybridized carbons (Fsp3) is 0.941. The second kappa shape index (κ2) is 5.20. The molecule has 3 saturated carbocycles. The summed E-state index contributed by atoms with van der Waals surface area (Å²) in [5, 5.41) is 0. The Balaban J connectivity index is 1.57. The molecule has 0 saturated heterocycles. The summed E-state index contributed by atoms with van der Waals surface area (Å²) in [5.41, 5.74) is -0.0618. The van der Waals surface area contributed by atoms with Gasteiger partial charge in [-0.2, -0.15) is 0 Å². The molecule has 3 aliphatic carbocycles. The molecule has 0 amide bonds. The number of carbonyl (C=O) groups is 1. The largest absolute Gasteiger partial charge is 0.302 e. The molecule has 3 rings (SSSR count). The molecule has 0 spiro atoms. The maximum Gasteiger partial charge on any atom is 0.142 e. The van der Waals surface area contributed by atoms with Crippen LogP contribution in [0, 0.1) is 23.2 Å². The molecule has 0 aliphatic heterocycles. The highest BCUT2D eigenvalue weighted by atomic mass is 16.1. The van der Waals surface area contributed by atoms with Gasteiger partial charge in [0.15, 0.2) is 0 Å². The van der Waals surface area contributed by atoms with Crippen molar-refractivity contribution in [2.75, 3.05) is 19.6 Å². The number of hydrogen-bond acceptors (Lipinski definition) is 2. The van der Waals surface area contributed by atoms with Crippen molar-refractivity contribution in [1.29, 1.82) is 0 Å². The van der Waals surface area contributed by atoms with Crippen molar-refractivity contribution in [3.05, 3.63) is 0 Å². The number of carbonyl (C=O) groups excluding carboxylic acids is 1. The summed E-state index contributed by atoms with van der Waals surface area (Å²) in [6.45, 7) is 7.87. The van der Waals surface area contributed by atoms with Gasteiger partial charge in [-0.05, 0) is 50.4 Å². The van der Waals surface area contributed by atoms with Crippen molar-refractivity contribution in [2.24, 2.45) is 23.2 Å². The maximum absolute atomic E-state index is 12.6. The van der Waals surface area contributed by atoms with Gasteiger partial charge in [0.05, 0.1) is 0 Å². The minimum atomic E-state index is -0.0618. The van der Waals surface area contributed by atoms with Gasteiger partial charge in [-0.1, -0.05) is 20.3 Å². The number of nitrogens with zero attached hydrogens (tertiary/aromatic N) is 1. The summed E-state index contributed by atoms with van der Waals surface area (Å²) in [4.78, 5) is 15.2. The van der Waals surface area contributed by atoms with E-state index in [-0.39, 0.29) is 5.41 Å². The van der Waals surface area contributed by atoms with Crippen LogP contribution in [-0.4, -0.2) is 30.3 Å². The van der Waals surface area contributed by atoms with E-state index in [2.05, 4.69) is 18.7 Å². The van der Waals surface area contributed by atoms with Crippen molar-refractivity contribution in [2.45, 2.75) is 58.8 Å². The van der Waals surface area contributed by atoms with Crippen molar-refractivity contribution in [3.8, 4) is 0 Å². The Hall–Kier alpha value is -0.370. The first-order valence-electron chi connectivity index (χ1n) is 8.31. The molecule has 0 aromatic rings. The van der Waals surface area contributed by atoms with Crippen molar-refractivity contribution < 1.29 is 4.79 Å². The molecular formula is C17H29NO. The van der Waals surface area contributed by atoms with Crippen LogP contribution in [-0.2, 0) is 4.79 Å². The van der Waals surface area contributed by atoms with Crippen LogP contribution in [0.5, 0.6) is 0 Å². The van der Waals surface area contributed by atoms with E-state index < -0.39 is 0 Å². The van der Waals surface area contributed by atoms with Gasteiger partial charge in [-0.15, -0.1) is 0 Å². The Morgan fingerprint density at radius 2 is 1.58 bits per heavy atom. The summed E-state index contributed by atoms with van der Waals surface area (Å²) in [7, 11) is 0. The zero-order valence-corrected chi connectivity index (χ0v) is 12.7. The van der Waals surface area contributed by atoms with E-state index in [9.17, 15) is 4.79 Å². The first-order valence-corrected chi connectivity index (χ1v) is 8.31. The topological polar surface area (TPSA) is 20.3 Å². The van der Waals surface area contributed by atoms with E-state index in [1.807, 2.05) is 0 Å². The Labute approximate surface area is 117 Å². The fourth-order valence-corrected chi connectivity index (χ4v) is 3.64. The van der Waals surface area contributed by atoms with Crippen LogP contribution in [0.3, 0.4) is 0 Å². The number of ketones is 1. The second-order valence-corrected chi connectivity index (χ2v) is 7.94. The molecule has 0 heterocycles. The van der Waals surface area contributed by atoms with Crippen LogP contribution < -0.4 is 0 Å². The lowest BCUT2D eigenvalue weighted by atomic mass is 9.71. The minimum absolute atomic E-state index is 0.0618. The van der Waals surface area contributed by atoms with Gasteiger partial charge in [0, 0.05) is 31.0 Å². The Bertz CT molecular complexity index is 327. The quantitative estimate of drug-likeness (QED) is 0.731. The lowest BCUT2D eigenvalue weighted by molar-refractivity contribution is -0.135. The van der Waals surface area contributed by atoms with E-state index in [4.69, 9.17) is 0 Å². The third-order valence-electron chi connectivity index (χ3n) is 5.30. The standard InChI is InChI=1S/C17H29NO/c1-17(2)9-3-4-15(16(17)19)12-18(10-13-5-6-13)11-14-7-8-14/h13-15H,3-12H2,1-2H3. The zero-order chi connectivity index (χ0) is 13.5. The van der Waals surface area contributed by atoms with Gasteiger partial charge in [0.1, 0.15) is 5.78 Å². The average molecular weight is 263 g/mol. The maximum atomic E-state index is 12.6. The molecule has 2 nitrogen and oxygen atoms in total.